The van der Waals surface area contributed by atoms with Crippen LogP contribution in [-0.2, 0) is 4.74 Å². The highest BCUT2D eigenvalue weighted by atomic mass is 127. The monoisotopic (exact) mass is 506 g/mol. The Hall–Kier alpha value is -0.510. The van der Waals surface area contributed by atoms with Crippen molar-refractivity contribution in [1.29, 1.82) is 0 Å². The van der Waals surface area contributed by atoms with Gasteiger partial charge in [0, 0.05) is 33.2 Å². The highest BCUT2D eigenvalue weighted by Gasteiger charge is 2.22. The molecule has 0 saturated carbocycles. The Morgan fingerprint density at radius 1 is 1.26 bits per heavy atom. The van der Waals surface area contributed by atoms with Crippen molar-refractivity contribution in [2.24, 2.45) is 4.99 Å². The minimum absolute atomic E-state index is 0. The summed E-state index contributed by atoms with van der Waals surface area (Å²) in [4.78, 5) is 6.89. The summed E-state index contributed by atoms with van der Waals surface area (Å²) in [6.07, 6.45) is 4.57. The summed E-state index contributed by atoms with van der Waals surface area (Å²) >= 11 is 1.91. The molecule has 1 unspecified atom stereocenters. The van der Waals surface area contributed by atoms with Crippen LogP contribution >= 0.6 is 35.7 Å². The normalized spacial score (nSPS) is 16.5. The number of nitrogens with zero attached hydrogens (tertiary/aromatic N) is 2. The Morgan fingerprint density at radius 2 is 2.04 bits per heavy atom. The van der Waals surface area contributed by atoms with Crippen LogP contribution in [0.5, 0.6) is 0 Å². The van der Waals surface area contributed by atoms with Gasteiger partial charge in [0.15, 0.2) is 5.96 Å². The third kappa shape index (κ3) is 9.02. The SMILES string of the molecule is CN=C(NCCCCSC)NCC(c1cccc(C)c1)N1CCOCC1.I. The zero-order chi connectivity index (χ0) is 18.6. The molecular weight excluding hydrogens is 471 g/mol. The number of unbranched alkanes of at least 4 members (excludes halogenated alkanes) is 1. The lowest BCUT2D eigenvalue weighted by atomic mass is 10.0. The lowest BCUT2D eigenvalue weighted by Gasteiger charge is -2.35. The molecule has 1 aliphatic heterocycles. The van der Waals surface area contributed by atoms with E-state index in [2.05, 4.69) is 58.0 Å². The highest BCUT2D eigenvalue weighted by Crippen LogP contribution is 2.22. The van der Waals surface area contributed by atoms with Crippen LogP contribution in [0.2, 0.25) is 0 Å². The molecule has 1 aliphatic rings. The van der Waals surface area contributed by atoms with E-state index in [0.717, 1.165) is 45.4 Å². The molecule has 1 aromatic carbocycles. The summed E-state index contributed by atoms with van der Waals surface area (Å²) in [5.74, 6) is 2.11. The topological polar surface area (TPSA) is 48.9 Å². The van der Waals surface area contributed by atoms with Crippen LogP contribution in [0, 0.1) is 6.92 Å². The van der Waals surface area contributed by atoms with Crippen molar-refractivity contribution < 1.29 is 4.74 Å². The van der Waals surface area contributed by atoms with Gasteiger partial charge >= 0.3 is 0 Å². The van der Waals surface area contributed by atoms with Crippen LogP contribution in [0.4, 0.5) is 0 Å². The van der Waals surface area contributed by atoms with Crippen LogP contribution in [0.15, 0.2) is 29.3 Å². The number of thioether (sulfide) groups is 1. The van der Waals surface area contributed by atoms with E-state index in [1.165, 1.54) is 29.7 Å². The number of guanidine groups is 1. The lowest BCUT2D eigenvalue weighted by molar-refractivity contribution is 0.0170. The van der Waals surface area contributed by atoms with Crippen molar-refractivity contribution >= 4 is 41.7 Å². The fourth-order valence-corrected chi connectivity index (χ4v) is 3.71. The average Bonchev–Trinajstić information content (AvgIpc) is 2.67. The van der Waals surface area contributed by atoms with Crippen molar-refractivity contribution in [2.45, 2.75) is 25.8 Å². The van der Waals surface area contributed by atoms with E-state index in [0.29, 0.717) is 6.04 Å². The summed E-state index contributed by atoms with van der Waals surface area (Å²) in [7, 11) is 1.84. The molecular formula is C20H35IN4OS. The average molecular weight is 506 g/mol. The molecule has 0 amide bonds. The van der Waals surface area contributed by atoms with Crippen molar-refractivity contribution in [3.8, 4) is 0 Å². The maximum atomic E-state index is 5.54. The molecule has 0 bridgehead atoms. The van der Waals surface area contributed by atoms with E-state index in [9.17, 15) is 0 Å². The molecule has 7 heteroatoms. The van der Waals surface area contributed by atoms with Crippen molar-refractivity contribution in [3.63, 3.8) is 0 Å². The first kappa shape index (κ1) is 24.5. The number of ether oxygens (including phenoxy) is 1. The van der Waals surface area contributed by atoms with Crippen molar-refractivity contribution in [2.75, 3.05) is 58.4 Å². The molecule has 154 valence electrons. The smallest absolute Gasteiger partial charge is 0.191 e. The first-order chi connectivity index (χ1) is 12.7. The zero-order valence-electron chi connectivity index (χ0n) is 16.9. The number of nitrogens with one attached hydrogen (secondary N) is 2. The summed E-state index contributed by atoms with van der Waals surface area (Å²) in [6, 6.07) is 9.15. The van der Waals surface area contributed by atoms with Gasteiger partial charge < -0.3 is 15.4 Å². The van der Waals surface area contributed by atoms with E-state index in [-0.39, 0.29) is 24.0 Å². The third-order valence-corrected chi connectivity index (χ3v) is 5.36. The van der Waals surface area contributed by atoms with Gasteiger partial charge in [-0.2, -0.15) is 11.8 Å². The molecule has 2 rings (SSSR count). The van der Waals surface area contributed by atoms with Gasteiger partial charge in [0.05, 0.1) is 19.3 Å². The van der Waals surface area contributed by atoms with Gasteiger partial charge in [-0.1, -0.05) is 29.8 Å². The molecule has 27 heavy (non-hydrogen) atoms. The Kier molecular flexibility index (Phi) is 13.2. The molecule has 1 heterocycles. The van der Waals surface area contributed by atoms with E-state index >= 15 is 0 Å². The number of hydrogen-bond acceptors (Lipinski definition) is 4. The van der Waals surface area contributed by atoms with Crippen molar-refractivity contribution in [1.82, 2.24) is 15.5 Å². The molecule has 1 fully saturated rings. The van der Waals surface area contributed by atoms with E-state index in [1.807, 2.05) is 18.8 Å². The van der Waals surface area contributed by atoms with Gasteiger partial charge in [-0.15, -0.1) is 24.0 Å². The molecule has 1 atom stereocenters. The molecule has 2 N–H and O–H groups in total. The van der Waals surface area contributed by atoms with Gasteiger partial charge in [0.2, 0.25) is 0 Å². The molecule has 0 radical (unpaired) electrons. The van der Waals surface area contributed by atoms with Crippen LogP contribution in [0.3, 0.4) is 0 Å². The van der Waals surface area contributed by atoms with Gasteiger partial charge in [-0.25, -0.2) is 0 Å². The number of aliphatic imine (C=N–C) groups is 1. The number of halogens is 1. The maximum Gasteiger partial charge on any atom is 0.191 e. The quantitative estimate of drug-likeness (QED) is 0.233. The van der Waals surface area contributed by atoms with Gasteiger partial charge in [-0.3, -0.25) is 9.89 Å². The summed E-state index contributed by atoms with van der Waals surface area (Å²) < 4.78 is 5.54. The van der Waals surface area contributed by atoms with E-state index in [1.54, 1.807) is 0 Å². The number of benzene rings is 1. The predicted molar refractivity (Wildman–Crippen MR) is 129 cm³/mol. The fourth-order valence-electron chi connectivity index (χ4n) is 3.22. The third-order valence-electron chi connectivity index (χ3n) is 4.67. The van der Waals surface area contributed by atoms with Gasteiger partial charge in [-0.05, 0) is 37.3 Å². The molecule has 1 aromatic rings. The summed E-state index contributed by atoms with van der Waals surface area (Å²) in [6.45, 7) is 7.53. The lowest BCUT2D eigenvalue weighted by Crippen LogP contribution is -2.46. The Morgan fingerprint density at radius 3 is 2.70 bits per heavy atom. The zero-order valence-corrected chi connectivity index (χ0v) is 20.0. The molecule has 1 saturated heterocycles. The molecule has 0 spiro atoms. The summed E-state index contributed by atoms with van der Waals surface area (Å²) in [5, 5.41) is 6.96. The number of morpholine rings is 1. The van der Waals surface area contributed by atoms with Crippen LogP contribution < -0.4 is 10.6 Å². The minimum atomic E-state index is 0. The van der Waals surface area contributed by atoms with Gasteiger partial charge in [0.1, 0.15) is 0 Å². The molecule has 0 aromatic heterocycles. The Bertz CT molecular complexity index is 553. The fraction of sp³-hybridized carbons (Fsp3) is 0.650. The minimum Gasteiger partial charge on any atom is -0.379 e. The largest absolute Gasteiger partial charge is 0.379 e. The van der Waals surface area contributed by atoms with E-state index in [4.69, 9.17) is 4.74 Å². The predicted octanol–water partition coefficient (Wildman–Crippen LogP) is 3.29. The first-order valence-electron chi connectivity index (χ1n) is 9.56. The second-order valence-corrected chi connectivity index (χ2v) is 7.64. The standard InChI is InChI=1S/C20H34N4OS.HI/c1-17-7-6-8-18(15-17)19(24-10-12-25-13-11-24)16-23-20(21-2)22-9-4-5-14-26-3;/h6-8,15,19H,4-5,9-14,16H2,1-3H3,(H2,21,22,23);1H. The molecule has 5 nitrogen and oxygen atoms in total. The second-order valence-electron chi connectivity index (χ2n) is 6.66. The van der Waals surface area contributed by atoms with E-state index < -0.39 is 0 Å². The number of aryl methyl sites for hydroxylation is 1. The molecule has 0 aliphatic carbocycles. The maximum absolute atomic E-state index is 5.54. The summed E-state index contributed by atoms with van der Waals surface area (Å²) in [5.41, 5.74) is 2.66. The second kappa shape index (κ2) is 14.5. The Balaban J connectivity index is 0.00000364. The highest BCUT2D eigenvalue weighted by molar-refractivity contribution is 14.0. The number of hydrogen-bond donors (Lipinski definition) is 2. The Labute approximate surface area is 186 Å². The number of rotatable bonds is 9. The van der Waals surface area contributed by atoms with Crippen LogP contribution in [-0.4, -0.2) is 69.3 Å². The van der Waals surface area contributed by atoms with Gasteiger partial charge in [0.25, 0.3) is 0 Å². The van der Waals surface area contributed by atoms with Crippen LogP contribution in [0.1, 0.15) is 30.0 Å². The van der Waals surface area contributed by atoms with Crippen molar-refractivity contribution in [3.05, 3.63) is 35.4 Å². The first-order valence-corrected chi connectivity index (χ1v) is 11.0. The van der Waals surface area contributed by atoms with Crippen LogP contribution in [0.25, 0.3) is 0 Å².